The van der Waals surface area contributed by atoms with Crippen molar-refractivity contribution in [3.63, 3.8) is 0 Å². The first-order valence-electron chi connectivity index (χ1n) is 13.2. The van der Waals surface area contributed by atoms with Gasteiger partial charge >= 0.3 is 0 Å². The maximum Gasteiger partial charge on any atom is 0.00891 e. The molecular formula is C28H55N. The first-order valence-corrected chi connectivity index (χ1v) is 13.2. The lowest BCUT2D eigenvalue weighted by atomic mass is 9.99. The van der Waals surface area contributed by atoms with Crippen LogP contribution in [0.15, 0.2) is 24.3 Å². The summed E-state index contributed by atoms with van der Waals surface area (Å²) in [6.07, 6.45) is 35.5. The molecule has 0 aliphatic heterocycles. The lowest BCUT2D eigenvalue weighted by Gasteiger charge is -2.24. The average Bonchev–Trinajstić information content (AvgIpc) is 2.71. The lowest BCUT2D eigenvalue weighted by Crippen LogP contribution is -2.27. The zero-order valence-corrected chi connectivity index (χ0v) is 20.8. The van der Waals surface area contributed by atoms with Crippen molar-refractivity contribution in [2.75, 3.05) is 14.1 Å². The van der Waals surface area contributed by atoms with Crippen molar-refractivity contribution in [3.8, 4) is 0 Å². The third-order valence-corrected chi connectivity index (χ3v) is 6.11. The van der Waals surface area contributed by atoms with E-state index in [0.717, 1.165) is 12.5 Å². The van der Waals surface area contributed by atoms with E-state index >= 15 is 0 Å². The van der Waals surface area contributed by atoms with E-state index in [1.807, 2.05) is 0 Å². The molecule has 0 spiro atoms. The summed E-state index contributed by atoms with van der Waals surface area (Å²) in [6.45, 7) is 4.57. The van der Waals surface area contributed by atoms with E-state index in [2.05, 4.69) is 57.1 Å². The third-order valence-electron chi connectivity index (χ3n) is 6.11. The van der Waals surface area contributed by atoms with Crippen LogP contribution in [0.1, 0.15) is 136 Å². The van der Waals surface area contributed by atoms with Gasteiger partial charge in [0.2, 0.25) is 0 Å². The highest BCUT2D eigenvalue weighted by Gasteiger charge is 2.10. The summed E-state index contributed by atoms with van der Waals surface area (Å²) in [5, 5.41) is 0. The van der Waals surface area contributed by atoms with Gasteiger partial charge in [-0.15, -0.1) is 0 Å². The van der Waals surface area contributed by atoms with Crippen LogP contribution >= 0.6 is 0 Å². The standard InChI is InChI=1S/C28H55N/c1-5-7-9-11-12-13-14-15-16-17-18-19-20-21-22-23-25-27-28(29(3)4)26-24-10-8-6-2/h12-13,15-16,28H,5-11,14,17-27H2,1-4H3/b13-12-,16-15-. The molecule has 29 heavy (non-hydrogen) atoms. The van der Waals surface area contributed by atoms with Crippen LogP contribution in [0.4, 0.5) is 0 Å². The lowest BCUT2D eigenvalue weighted by molar-refractivity contribution is 0.251. The largest absolute Gasteiger partial charge is 0.306 e. The van der Waals surface area contributed by atoms with Gasteiger partial charge in [-0.1, -0.05) is 115 Å². The molecule has 172 valence electrons. The summed E-state index contributed by atoms with van der Waals surface area (Å²) >= 11 is 0. The summed E-state index contributed by atoms with van der Waals surface area (Å²) in [6, 6.07) is 0.810. The number of allylic oxidation sites excluding steroid dienone is 4. The van der Waals surface area contributed by atoms with Gasteiger partial charge in [0.15, 0.2) is 0 Å². The minimum atomic E-state index is 0.810. The Morgan fingerprint density at radius 3 is 1.45 bits per heavy atom. The first kappa shape index (κ1) is 28.4. The summed E-state index contributed by atoms with van der Waals surface area (Å²) < 4.78 is 0. The highest BCUT2D eigenvalue weighted by molar-refractivity contribution is 4.92. The van der Waals surface area contributed by atoms with Crippen LogP contribution in [-0.2, 0) is 0 Å². The first-order chi connectivity index (χ1) is 14.2. The number of unbranched alkanes of at least 4 members (excludes halogenated alkanes) is 13. The molecule has 0 fully saturated rings. The molecule has 0 heterocycles. The topological polar surface area (TPSA) is 3.24 Å². The molecule has 0 aliphatic rings. The highest BCUT2D eigenvalue weighted by atomic mass is 15.1. The third kappa shape index (κ3) is 22.0. The quantitative estimate of drug-likeness (QED) is 0.128. The Kier molecular flexibility index (Phi) is 23.3. The van der Waals surface area contributed by atoms with Crippen molar-refractivity contribution in [3.05, 3.63) is 24.3 Å². The maximum absolute atomic E-state index is 2.46. The summed E-state index contributed by atoms with van der Waals surface area (Å²) in [5.74, 6) is 0. The molecule has 0 saturated carbocycles. The summed E-state index contributed by atoms with van der Waals surface area (Å²) in [5.41, 5.74) is 0. The molecule has 0 radical (unpaired) electrons. The molecule has 1 unspecified atom stereocenters. The summed E-state index contributed by atoms with van der Waals surface area (Å²) in [7, 11) is 4.53. The fourth-order valence-corrected chi connectivity index (χ4v) is 4.01. The van der Waals surface area contributed by atoms with Crippen molar-refractivity contribution in [1.82, 2.24) is 4.90 Å². The predicted molar refractivity (Wildman–Crippen MR) is 135 cm³/mol. The average molecular weight is 406 g/mol. The molecule has 0 aliphatic carbocycles. The van der Waals surface area contributed by atoms with E-state index in [1.54, 1.807) is 0 Å². The van der Waals surface area contributed by atoms with Gasteiger partial charge < -0.3 is 4.90 Å². The van der Waals surface area contributed by atoms with Crippen LogP contribution in [0.25, 0.3) is 0 Å². The molecule has 0 rings (SSSR count). The number of nitrogens with zero attached hydrogens (tertiary/aromatic N) is 1. The summed E-state index contributed by atoms with van der Waals surface area (Å²) in [4.78, 5) is 2.46. The molecule has 0 bridgehead atoms. The van der Waals surface area contributed by atoms with Crippen LogP contribution in [0.5, 0.6) is 0 Å². The number of rotatable bonds is 22. The smallest absolute Gasteiger partial charge is 0.00891 e. The Bertz CT molecular complexity index is 355. The number of hydrogen-bond donors (Lipinski definition) is 0. The molecule has 0 saturated heterocycles. The van der Waals surface area contributed by atoms with Gasteiger partial charge in [0.05, 0.1) is 0 Å². The van der Waals surface area contributed by atoms with E-state index < -0.39 is 0 Å². The predicted octanol–water partition coefficient (Wildman–Crippen LogP) is 9.48. The van der Waals surface area contributed by atoms with Crippen LogP contribution in [0.2, 0.25) is 0 Å². The Morgan fingerprint density at radius 2 is 0.931 bits per heavy atom. The second-order valence-electron chi connectivity index (χ2n) is 9.19. The van der Waals surface area contributed by atoms with Crippen LogP contribution in [-0.4, -0.2) is 25.0 Å². The van der Waals surface area contributed by atoms with Gasteiger partial charge in [-0.05, 0) is 59.0 Å². The molecule has 0 amide bonds. The minimum absolute atomic E-state index is 0.810. The molecular weight excluding hydrogens is 350 g/mol. The van der Waals surface area contributed by atoms with E-state index in [4.69, 9.17) is 0 Å². The second-order valence-corrected chi connectivity index (χ2v) is 9.19. The Hall–Kier alpha value is -0.560. The van der Waals surface area contributed by atoms with Gasteiger partial charge in [-0.25, -0.2) is 0 Å². The Labute approximate surface area is 185 Å². The Morgan fingerprint density at radius 1 is 0.517 bits per heavy atom. The van der Waals surface area contributed by atoms with Crippen LogP contribution < -0.4 is 0 Å². The van der Waals surface area contributed by atoms with Gasteiger partial charge in [0.25, 0.3) is 0 Å². The zero-order chi connectivity index (χ0) is 21.4. The van der Waals surface area contributed by atoms with Crippen molar-refractivity contribution in [1.29, 1.82) is 0 Å². The molecule has 0 aromatic rings. The molecule has 1 heteroatoms. The fourth-order valence-electron chi connectivity index (χ4n) is 4.01. The van der Waals surface area contributed by atoms with E-state index in [0.29, 0.717) is 0 Å². The van der Waals surface area contributed by atoms with Crippen molar-refractivity contribution >= 4 is 0 Å². The van der Waals surface area contributed by atoms with Crippen molar-refractivity contribution in [2.24, 2.45) is 0 Å². The van der Waals surface area contributed by atoms with Crippen molar-refractivity contribution < 1.29 is 0 Å². The zero-order valence-electron chi connectivity index (χ0n) is 20.8. The molecule has 0 aromatic carbocycles. The van der Waals surface area contributed by atoms with Gasteiger partial charge in [0, 0.05) is 6.04 Å². The molecule has 1 nitrogen and oxygen atoms in total. The van der Waals surface area contributed by atoms with Gasteiger partial charge in [-0.2, -0.15) is 0 Å². The van der Waals surface area contributed by atoms with Crippen LogP contribution in [0.3, 0.4) is 0 Å². The van der Waals surface area contributed by atoms with Gasteiger partial charge in [0.1, 0.15) is 0 Å². The van der Waals surface area contributed by atoms with Gasteiger partial charge in [-0.3, -0.25) is 0 Å². The molecule has 0 N–H and O–H groups in total. The SMILES string of the molecule is CCCCC/C=C\C/C=C\CCCCCCCCCC(CCCCCC)N(C)C. The van der Waals surface area contributed by atoms with Crippen LogP contribution in [0, 0.1) is 0 Å². The fraction of sp³-hybridized carbons (Fsp3) is 0.857. The minimum Gasteiger partial charge on any atom is -0.306 e. The van der Waals surface area contributed by atoms with E-state index in [1.165, 1.54) is 116 Å². The van der Waals surface area contributed by atoms with E-state index in [-0.39, 0.29) is 0 Å². The Balaban J connectivity index is 3.41. The normalized spacial score (nSPS) is 13.3. The monoisotopic (exact) mass is 405 g/mol. The maximum atomic E-state index is 2.46. The van der Waals surface area contributed by atoms with Crippen molar-refractivity contribution in [2.45, 2.75) is 142 Å². The number of hydrogen-bond acceptors (Lipinski definition) is 1. The second kappa shape index (κ2) is 23.7. The molecule has 1 atom stereocenters. The highest BCUT2D eigenvalue weighted by Crippen LogP contribution is 2.17. The molecule has 0 aromatic heterocycles. The van der Waals surface area contributed by atoms with E-state index in [9.17, 15) is 0 Å².